The predicted molar refractivity (Wildman–Crippen MR) is 76.1 cm³/mol. The molecular formula is C15H20N2O3. The highest BCUT2D eigenvalue weighted by atomic mass is 16.4. The molecule has 1 aromatic carbocycles. The minimum atomic E-state index is -0.819. The van der Waals surface area contributed by atoms with Gasteiger partial charge >= 0.3 is 5.97 Å². The molecule has 1 fully saturated rings. The van der Waals surface area contributed by atoms with Crippen molar-refractivity contribution in [2.24, 2.45) is 5.92 Å². The molecule has 1 amide bonds. The van der Waals surface area contributed by atoms with Crippen LogP contribution < -0.4 is 5.73 Å². The SMILES string of the molecule is CC1C(C(=O)O)CCN1C(=O)CCc1ccccc1N. The molecule has 20 heavy (non-hydrogen) atoms. The van der Waals surface area contributed by atoms with Gasteiger partial charge in [-0.1, -0.05) is 18.2 Å². The molecule has 2 unspecified atom stereocenters. The Bertz CT molecular complexity index is 516. The van der Waals surface area contributed by atoms with Gasteiger partial charge in [0.2, 0.25) is 5.91 Å². The number of amides is 1. The molecule has 1 aromatic rings. The number of hydrogen-bond acceptors (Lipinski definition) is 3. The maximum atomic E-state index is 12.2. The molecule has 1 heterocycles. The van der Waals surface area contributed by atoms with Crippen molar-refractivity contribution < 1.29 is 14.7 Å². The number of carboxylic acid groups (broad SMARTS) is 1. The van der Waals surface area contributed by atoms with E-state index >= 15 is 0 Å². The summed E-state index contributed by atoms with van der Waals surface area (Å²) < 4.78 is 0. The fourth-order valence-corrected chi connectivity index (χ4v) is 2.77. The second-order valence-corrected chi connectivity index (χ2v) is 5.26. The number of carbonyl (C=O) groups is 2. The smallest absolute Gasteiger partial charge is 0.308 e. The van der Waals surface area contributed by atoms with Crippen LogP contribution >= 0.6 is 0 Å². The Hall–Kier alpha value is -2.04. The molecule has 0 aliphatic carbocycles. The van der Waals surface area contributed by atoms with Gasteiger partial charge in [0.1, 0.15) is 0 Å². The molecule has 0 bridgehead atoms. The monoisotopic (exact) mass is 276 g/mol. The Balaban J connectivity index is 1.93. The number of aliphatic carboxylic acids is 1. The molecule has 1 aliphatic rings. The van der Waals surface area contributed by atoms with Crippen molar-refractivity contribution in [1.29, 1.82) is 0 Å². The first-order valence-corrected chi connectivity index (χ1v) is 6.86. The standard InChI is InChI=1S/C15H20N2O3/c1-10-12(15(19)20)8-9-17(10)14(18)7-6-11-4-2-3-5-13(11)16/h2-5,10,12H,6-9,16H2,1H3,(H,19,20). The van der Waals surface area contributed by atoms with Crippen molar-refractivity contribution in [3.63, 3.8) is 0 Å². The number of likely N-dealkylation sites (tertiary alicyclic amines) is 1. The largest absolute Gasteiger partial charge is 0.481 e. The lowest BCUT2D eigenvalue weighted by Gasteiger charge is -2.23. The first kappa shape index (κ1) is 14.4. The van der Waals surface area contributed by atoms with Crippen LogP contribution in [0.4, 0.5) is 5.69 Å². The number of rotatable bonds is 4. The van der Waals surface area contributed by atoms with Crippen LogP contribution in [0.2, 0.25) is 0 Å². The van der Waals surface area contributed by atoms with Gasteiger partial charge in [-0.2, -0.15) is 0 Å². The van der Waals surface area contributed by atoms with E-state index in [1.807, 2.05) is 24.3 Å². The van der Waals surface area contributed by atoms with Gasteiger partial charge in [-0.15, -0.1) is 0 Å². The van der Waals surface area contributed by atoms with Crippen LogP contribution in [-0.4, -0.2) is 34.5 Å². The molecule has 5 heteroatoms. The van der Waals surface area contributed by atoms with E-state index in [0.29, 0.717) is 31.5 Å². The van der Waals surface area contributed by atoms with E-state index in [9.17, 15) is 9.59 Å². The molecule has 108 valence electrons. The Kier molecular flexibility index (Phi) is 4.27. The number of carbonyl (C=O) groups excluding carboxylic acids is 1. The highest BCUT2D eigenvalue weighted by molar-refractivity contribution is 5.79. The van der Waals surface area contributed by atoms with Crippen LogP contribution in [0.1, 0.15) is 25.3 Å². The molecular weight excluding hydrogens is 256 g/mol. The van der Waals surface area contributed by atoms with Crippen molar-refractivity contribution in [3.8, 4) is 0 Å². The first-order chi connectivity index (χ1) is 9.50. The quantitative estimate of drug-likeness (QED) is 0.817. The third kappa shape index (κ3) is 2.92. The highest BCUT2D eigenvalue weighted by Crippen LogP contribution is 2.25. The molecule has 1 saturated heterocycles. The number of nitrogens with two attached hydrogens (primary N) is 1. The van der Waals surface area contributed by atoms with Crippen LogP contribution in [0, 0.1) is 5.92 Å². The molecule has 2 atom stereocenters. The number of carboxylic acids is 1. The van der Waals surface area contributed by atoms with Crippen LogP contribution in [0.5, 0.6) is 0 Å². The number of para-hydroxylation sites is 1. The molecule has 2 rings (SSSR count). The van der Waals surface area contributed by atoms with E-state index in [4.69, 9.17) is 10.8 Å². The van der Waals surface area contributed by atoms with Gasteiger partial charge in [-0.3, -0.25) is 9.59 Å². The number of nitrogen functional groups attached to an aromatic ring is 1. The highest BCUT2D eigenvalue weighted by Gasteiger charge is 2.37. The van der Waals surface area contributed by atoms with E-state index in [1.165, 1.54) is 0 Å². The summed E-state index contributed by atoms with van der Waals surface area (Å²) in [6.07, 6.45) is 1.49. The number of benzene rings is 1. The summed E-state index contributed by atoms with van der Waals surface area (Å²) in [5.41, 5.74) is 7.50. The third-order valence-corrected chi connectivity index (χ3v) is 4.06. The number of aryl methyl sites for hydroxylation is 1. The average molecular weight is 276 g/mol. The topological polar surface area (TPSA) is 83.6 Å². The average Bonchev–Trinajstić information content (AvgIpc) is 2.79. The van der Waals surface area contributed by atoms with Crippen LogP contribution in [0.15, 0.2) is 24.3 Å². The molecule has 5 nitrogen and oxygen atoms in total. The zero-order chi connectivity index (χ0) is 14.7. The second-order valence-electron chi connectivity index (χ2n) is 5.26. The molecule has 1 aliphatic heterocycles. The summed E-state index contributed by atoms with van der Waals surface area (Å²) in [6, 6.07) is 7.26. The van der Waals surface area contributed by atoms with Crippen LogP contribution in [-0.2, 0) is 16.0 Å². The molecule has 3 N–H and O–H groups in total. The third-order valence-electron chi connectivity index (χ3n) is 4.06. The van der Waals surface area contributed by atoms with E-state index in [2.05, 4.69) is 0 Å². The van der Waals surface area contributed by atoms with Crippen molar-refractivity contribution in [3.05, 3.63) is 29.8 Å². The molecule has 0 spiro atoms. The van der Waals surface area contributed by atoms with Crippen molar-refractivity contribution in [2.75, 3.05) is 12.3 Å². The van der Waals surface area contributed by atoms with Crippen molar-refractivity contribution in [1.82, 2.24) is 4.90 Å². The summed E-state index contributed by atoms with van der Waals surface area (Å²) in [5.74, 6) is -1.26. The Morgan fingerprint density at radius 2 is 2.10 bits per heavy atom. The molecule has 0 saturated carbocycles. The summed E-state index contributed by atoms with van der Waals surface area (Å²) >= 11 is 0. The zero-order valence-electron chi connectivity index (χ0n) is 11.6. The summed E-state index contributed by atoms with van der Waals surface area (Å²) in [7, 11) is 0. The van der Waals surface area contributed by atoms with Gasteiger partial charge < -0.3 is 15.7 Å². The van der Waals surface area contributed by atoms with E-state index in [0.717, 1.165) is 5.56 Å². The summed E-state index contributed by atoms with van der Waals surface area (Å²) in [4.78, 5) is 24.9. The zero-order valence-corrected chi connectivity index (χ0v) is 11.6. The second kappa shape index (κ2) is 5.94. The minimum absolute atomic E-state index is 0.00417. The molecule has 0 aromatic heterocycles. The summed E-state index contributed by atoms with van der Waals surface area (Å²) in [5, 5.41) is 9.07. The van der Waals surface area contributed by atoms with E-state index < -0.39 is 11.9 Å². The van der Waals surface area contributed by atoms with Crippen molar-refractivity contribution in [2.45, 2.75) is 32.2 Å². The van der Waals surface area contributed by atoms with Gasteiger partial charge in [0, 0.05) is 24.7 Å². The van der Waals surface area contributed by atoms with Gasteiger partial charge in [0.15, 0.2) is 0 Å². The lowest BCUT2D eigenvalue weighted by Crippen LogP contribution is -2.37. The number of anilines is 1. The fraction of sp³-hybridized carbons (Fsp3) is 0.467. The fourth-order valence-electron chi connectivity index (χ4n) is 2.77. The van der Waals surface area contributed by atoms with Gasteiger partial charge in [0.05, 0.1) is 5.92 Å². The maximum Gasteiger partial charge on any atom is 0.308 e. The number of hydrogen-bond donors (Lipinski definition) is 2. The van der Waals surface area contributed by atoms with Crippen LogP contribution in [0.25, 0.3) is 0 Å². The summed E-state index contributed by atoms with van der Waals surface area (Å²) in [6.45, 7) is 2.34. The van der Waals surface area contributed by atoms with Gasteiger partial charge in [-0.05, 0) is 31.4 Å². The van der Waals surface area contributed by atoms with Crippen molar-refractivity contribution >= 4 is 17.6 Å². The van der Waals surface area contributed by atoms with Gasteiger partial charge in [-0.25, -0.2) is 0 Å². The lowest BCUT2D eigenvalue weighted by atomic mass is 10.0. The Morgan fingerprint density at radius 3 is 2.70 bits per heavy atom. The lowest BCUT2D eigenvalue weighted by molar-refractivity contribution is -0.143. The normalized spacial score (nSPS) is 21.9. The first-order valence-electron chi connectivity index (χ1n) is 6.86. The molecule has 0 radical (unpaired) electrons. The van der Waals surface area contributed by atoms with E-state index in [-0.39, 0.29) is 11.9 Å². The Morgan fingerprint density at radius 1 is 1.40 bits per heavy atom. The Labute approximate surface area is 118 Å². The predicted octanol–water partition coefficient (Wildman–Crippen LogP) is 1.52. The van der Waals surface area contributed by atoms with Gasteiger partial charge in [0.25, 0.3) is 0 Å². The van der Waals surface area contributed by atoms with E-state index in [1.54, 1.807) is 11.8 Å². The maximum absolute atomic E-state index is 12.2. The minimum Gasteiger partial charge on any atom is -0.481 e. The number of nitrogens with zero attached hydrogens (tertiary/aromatic N) is 1. The van der Waals surface area contributed by atoms with Crippen LogP contribution in [0.3, 0.4) is 0 Å².